The summed E-state index contributed by atoms with van der Waals surface area (Å²) in [6.45, 7) is 6.47. The number of hydrogen-bond acceptors (Lipinski definition) is 7. The number of hydrogen-bond donors (Lipinski definition) is 1. The van der Waals surface area contributed by atoms with Gasteiger partial charge in [0.05, 0.1) is 24.8 Å². The number of likely N-dealkylation sites (tertiary alicyclic amines) is 1. The summed E-state index contributed by atoms with van der Waals surface area (Å²) in [7, 11) is 0. The van der Waals surface area contributed by atoms with Crippen molar-refractivity contribution in [3.63, 3.8) is 0 Å². The lowest BCUT2D eigenvalue weighted by Gasteiger charge is -2.29. The molecule has 0 bridgehead atoms. The summed E-state index contributed by atoms with van der Waals surface area (Å²) in [6.07, 6.45) is 0.722. The Bertz CT molecular complexity index is 1120. The third kappa shape index (κ3) is 4.26. The maximum atomic E-state index is 13.2. The Hall–Kier alpha value is -3.36. The predicted molar refractivity (Wildman–Crippen MR) is 125 cm³/mol. The number of amides is 1. The fraction of sp³-hybridized carbons (Fsp3) is 0.385. The molecule has 8 heteroatoms. The van der Waals surface area contributed by atoms with Crippen molar-refractivity contribution < 1.29 is 28.9 Å². The first kappa shape index (κ1) is 22.4. The molecule has 0 saturated carbocycles. The number of morpholine rings is 1. The number of rotatable bonds is 6. The first-order valence-corrected chi connectivity index (χ1v) is 11.6. The number of Topliss-reactive ketones (excluding diaryl/α,β-unsaturated/α-hetero) is 1. The smallest absolute Gasteiger partial charge is 0.295 e. The molecule has 1 N–H and O–H groups in total. The van der Waals surface area contributed by atoms with Crippen LogP contribution in [0.5, 0.6) is 11.5 Å². The van der Waals surface area contributed by atoms with Gasteiger partial charge in [-0.05, 0) is 37.1 Å². The largest absolute Gasteiger partial charge is 0.507 e. The number of carbonyl (C=O) groups is 2. The average Bonchev–Trinajstić information content (AvgIpc) is 3.42. The Kier molecular flexibility index (Phi) is 6.26. The van der Waals surface area contributed by atoms with Crippen LogP contribution in [-0.2, 0) is 14.3 Å². The maximum absolute atomic E-state index is 13.2. The van der Waals surface area contributed by atoms with Crippen molar-refractivity contribution in [3.05, 3.63) is 64.7 Å². The van der Waals surface area contributed by atoms with Gasteiger partial charge in [0.25, 0.3) is 11.7 Å². The van der Waals surface area contributed by atoms with E-state index in [0.717, 1.165) is 37.2 Å². The summed E-state index contributed by atoms with van der Waals surface area (Å²) in [5.41, 5.74) is 2.37. The fourth-order valence-corrected chi connectivity index (χ4v) is 4.69. The quantitative estimate of drug-likeness (QED) is 0.400. The van der Waals surface area contributed by atoms with Gasteiger partial charge in [-0.1, -0.05) is 29.8 Å². The van der Waals surface area contributed by atoms with Crippen molar-refractivity contribution >= 4 is 17.4 Å². The summed E-state index contributed by atoms with van der Waals surface area (Å²) in [5.74, 6) is -0.397. The molecule has 2 saturated heterocycles. The molecule has 5 rings (SSSR count). The van der Waals surface area contributed by atoms with E-state index >= 15 is 0 Å². The highest BCUT2D eigenvalue weighted by Crippen LogP contribution is 2.41. The lowest BCUT2D eigenvalue weighted by Crippen LogP contribution is -2.38. The molecule has 0 aromatic heterocycles. The maximum Gasteiger partial charge on any atom is 0.295 e. The van der Waals surface area contributed by atoms with E-state index in [4.69, 9.17) is 14.2 Å². The van der Waals surface area contributed by atoms with E-state index in [0.29, 0.717) is 36.8 Å². The predicted octanol–water partition coefficient (Wildman–Crippen LogP) is 2.87. The third-order valence-electron chi connectivity index (χ3n) is 6.56. The van der Waals surface area contributed by atoms with Crippen molar-refractivity contribution in [3.8, 4) is 11.5 Å². The van der Waals surface area contributed by atoms with E-state index in [2.05, 4.69) is 4.90 Å². The minimum absolute atomic E-state index is 0.0964. The molecule has 3 aliphatic heterocycles. The molecule has 2 aromatic rings. The molecule has 0 spiro atoms. The minimum atomic E-state index is -0.674. The zero-order chi connectivity index (χ0) is 23.7. The van der Waals surface area contributed by atoms with Crippen molar-refractivity contribution in [1.29, 1.82) is 0 Å². The number of fused-ring (bicyclic) bond motifs is 1. The molecule has 1 amide bonds. The van der Waals surface area contributed by atoms with Gasteiger partial charge in [-0.3, -0.25) is 14.5 Å². The molecule has 8 nitrogen and oxygen atoms in total. The Morgan fingerprint density at radius 3 is 2.50 bits per heavy atom. The number of ether oxygens (including phenoxy) is 3. The van der Waals surface area contributed by atoms with Gasteiger partial charge in [0.15, 0.2) is 11.5 Å². The van der Waals surface area contributed by atoms with Crippen molar-refractivity contribution in [1.82, 2.24) is 9.80 Å². The van der Waals surface area contributed by atoms with Crippen LogP contribution < -0.4 is 9.47 Å². The molecule has 1 unspecified atom stereocenters. The fourth-order valence-electron chi connectivity index (χ4n) is 4.69. The van der Waals surface area contributed by atoms with E-state index in [1.54, 1.807) is 23.1 Å². The number of aliphatic hydroxyl groups is 1. The topological polar surface area (TPSA) is 88.5 Å². The van der Waals surface area contributed by atoms with Crippen LogP contribution in [-0.4, -0.2) is 72.8 Å². The van der Waals surface area contributed by atoms with E-state index in [-0.39, 0.29) is 18.1 Å². The lowest BCUT2D eigenvalue weighted by molar-refractivity contribution is -0.140. The molecule has 1 atom stereocenters. The summed E-state index contributed by atoms with van der Waals surface area (Å²) in [4.78, 5) is 30.2. The Labute approximate surface area is 198 Å². The summed E-state index contributed by atoms with van der Waals surface area (Å²) < 4.78 is 16.2. The molecule has 3 heterocycles. The lowest BCUT2D eigenvalue weighted by atomic mass is 9.94. The highest BCUT2D eigenvalue weighted by molar-refractivity contribution is 6.46. The van der Waals surface area contributed by atoms with Gasteiger partial charge in [-0.2, -0.15) is 0 Å². The van der Waals surface area contributed by atoms with Crippen molar-refractivity contribution in [2.45, 2.75) is 19.4 Å². The number of aryl methyl sites for hydroxylation is 1. The van der Waals surface area contributed by atoms with E-state index in [1.165, 1.54) is 0 Å². The van der Waals surface area contributed by atoms with Gasteiger partial charge in [0.2, 0.25) is 6.79 Å². The molecule has 2 aromatic carbocycles. The van der Waals surface area contributed by atoms with Crippen LogP contribution in [0.25, 0.3) is 5.76 Å². The number of aliphatic hydroxyl groups excluding tert-OH is 1. The second-order valence-corrected chi connectivity index (χ2v) is 8.78. The number of benzene rings is 2. The average molecular weight is 465 g/mol. The first-order valence-electron chi connectivity index (χ1n) is 11.6. The van der Waals surface area contributed by atoms with Crippen LogP contribution in [0.4, 0.5) is 0 Å². The summed E-state index contributed by atoms with van der Waals surface area (Å²) in [5, 5.41) is 11.2. The van der Waals surface area contributed by atoms with Gasteiger partial charge < -0.3 is 24.2 Å². The molecule has 34 heavy (non-hydrogen) atoms. The SMILES string of the molecule is Cc1ccc(C2C(=C(O)c3ccc4c(c3)OCO4)C(=O)C(=O)N2CCCN2CCOCC2)cc1. The zero-order valence-electron chi connectivity index (χ0n) is 19.2. The number of ketones is 1. The number of nitrogens with zero attached hydrogens (tertiary/aromatic N) is 2. The van der Waals surface area contributed by atoms with Crippen LogP contribution in [0.1, 0.15) is 29.2 Å². The van der Waals surface area contributed by atoms with Crippen molar-refractivity contribution in [2.24, 2.45) is 0 Å². The van der Waals surface area contributed by atoms with Gasteiger partial charge in [0.1, 0.15) is 5.76 Å². The van der Waals surface area contributed by atoms with Gasteiger partial charge >= 0.3 is 0 Å². The van der Waals surface area contributed by atoms with E-state index in [9.17, 15) is 14.7 Å². The molecule has 3 aliphatic rings. The normalized spacial score (nSPS) is 21.9. The second-order valence-electron chi connectivity index (χ2n) is 8.78. The van der Waals surface area contributed by atoms with Gasteiger partial charge in [-0.25, -0.2) is 0 Å². The molecule has 178 valence electrons. The van der Waals surface area contributed by atoms with Crippen LogP contribution in [0.2, 0.25) is 0 Å². The Balaban J connectivity index is 1.47. The summed E-state index contributed by atoms with van der Waals surface area (Å²) in [6, 6.07) is 12.1. The highest BCUT2D eigenvalue weighted by atomic mass is 16.7. The van der Waals surface area contributed by atoms with E-state index in [1.807, 2.05) is 31.2 Å². The highest BCUT2D eigenvalue weighted by Gasteiger charge is 2.45. The van der Waals surface area contributed by atoms with Crippen LogP contribution >= 0.6 is 0 Å². The number of carbonyl (C=O) groups excluding carboxylic acids is 2. The Morgan fingerprint density at radius 1 is 1.00 bits per heavy atom. The van der Waals surface area contributed by atoms with Crippen LogP contribution in [0.15, 0.2) is 48.0 Å². The second kappa shape index (κ2) is 9.48. The molecular formula is C26H28N2O6. The van der Waals surface area contributed by atoms with Crippen LogP contribution in [0, 0.1) is 6.92 Å². The molecule has 0 radical (unpaired) electrons. The monoisotopic (exact) mass is 464 g/mol. The standard InChI is InChI=1S/C26H28N2O6/c1-17-3-5-18(6-4-17)23-22(24(29)19-7-8-20-21(15-19)34-16-33-20)25(30)26(31)28(23)10-2-9-27-11-13-32-14-12-27/h3-8,15,23,29H,2,9-14,16H2,1H3. The third-order valence-corrected chi connectivity index (χ3v) is 6.56. The van der Waals surface area contributed by atoms with E-state index < -0.39 is 17.7 Å². The first-order chi connectivity index (χ1) is 16.5. The Morgan fingerprint density at radius 2 is 1.74 bits per heavy atom. The molecule has 2 fully saturated rings. The molecular weight excluding hydrogens is 436 g/mol. The van der Waals surface area contributed by atoms with Gasteiger partial charge in [0, 0.05) is 31.7 Å². The van der Waals surface area contributed by atoms with Crippen LogP contribution in [0.3, 0.4) is 0 Å². The summed E-state index contributed by atoms with van der Waals surface area (Å²) >= 11 is 0. The molecule has 0 aliphatic carbocycles. The minimum Gasteiger partial charge on any atom is -0.507 e. The van der Waals surface area contributed by atoms with Gasteiger partial charge in [-0.15, -0.1) is 0 Å². The zero-order valence-corrected chi connectivity index (χ0v) is 19.2. The van der Waals surface area contributed by atoms with Crippen molar-refractivity contribution in [2.75, 3.05) is 46.2 Å².